The Morgan fingerprint density at radius 3 is 2.45 bits per heavy atom. The summed E-state index contributed by atoms with van der Waals surface area (Å²) < 4.78 is 17.5. The minimum Gasteiger partial charge on any atom is -0.381 e. The maximum absolute atomic E-state index is 5.92. The second kappa shape index (κ2) is 9.69. The zero-order chi connectivity index (χ0) is 16.6. The van der Waals surface area contributed by atoms with Crippen LogP contribution >= 0.6 is 0 Å². The minimum atomic E-state index is 0.147. The number of hydrogen-bond donors (Lipinski definition) is 0. The summed E-state index contributed by atoms with van der Waals surface area (Å²) in [5.74, 6) is 0.450. The smallest absolute Gasteiger partial charge is 0.0866 e. The van der Waals surface area contributed by atoms with Crippen LogP contribution in [0, 0.1) is 11.3 Å². The van der Waals surface area contributed by atoms with Crippen molar-refractivity contribution in [3.63, 3.8) is 0 Å². The van der Waals surface area contributed by atoms with Crippen molar-refractivity contribution in [3.05, 3.63) is 11.6 Å². The Kier molecular flexibility index (Phi) is 8.66. The Bertz CT molecular complexity index is 332. The van der Waals surface area contributed by atoms with Gasteiger partial charge in [-0.3, -0.25) is 0 Å². The molecule has 0 bridgehead atoms. The average Bonchev–Trinajstić information content (AvgIpc) is 2.55. The van der Waals surface area contributed by atoms with Gasteiger partial charge in [0.25, 0.3) is 0 Å². The van der Waals surface area contributed by atoms with Crippen LogP contribution in [0.5, 0.6) is 0 Å². The molecule has 0 aromatic carbocycles. The monoisotopic (exact) mass is 312 g/mol. The number of allylic oxidation sites excluding steroid dienone is 2. The van der Waals surface area contributed by atoms with Crippen molar-refractivity contribution >= 4 is 0 Å². The van der Waals surface area contributed by atoms with Crippen molar-refractivity contribution in [1.29, 1.82) is 0 Å². The fourth-order valence-electron chi connectivity index (χ4n) is 3.61. The van der Waals surface area contributed by atoms with E-state index in [1.165, 1.54) is 12.0 Å². The van der Waals surface area contributed by atoms with E-state index < -0.39 is 0 Å². The predicted molar refractivity (Wildman–Crippen MR) is 92.2 cm³/mol. The molecule has 3 nitrogen and oxygen atoms in total. The highest BCUT2D eigenvalue weighted by atomic mass is 16.5. The molecule has 1 saturated heterocycles. The van der Waals surface area contributed by atoms with Gasteiger partial charge in [0.1, 0.15) is 0 Å². The summed E-state index contributed by atoms with van der Waals surface area (Å²) in [5.41, 5.74) is 1.60. The van der Waals surface area contributed by atoms with Crippen molar-refractivity contribution in [2.24, 2.45) is 11.3 Å². The van der Waals surface area contributed by atoms with Crippen LogP contribution < -0.4 is 0 Å². The molecule has 22 heavy (non-hydrogen) atoms. The molecule has 0 N–H and O–H groups in total. The van der Waals surface area contributed by atoms with Crippen molar-refractivity contribution < 1.29 is 14.2 Å². The minimum absolute atomic E-state index is 0.147. The van der Waals surface area contributed by atoms with Crippen LogP contribution in [0.25, 0.3) is 0 Å². The topological polar surface area (TPSA) is 27.7 Å². The normalized spacial score (nSPS) is 27.6. The van der Waals surface area contributed by atoms with Gasteiger partial charge in [-0.05, 0) is 57.3 Å². The Hall–Kier alpha value is -0.380. The van der Waals surface area contributed by atoms with E-state index in [0.717, 1.165) is 38.9 Å². The molecule has 3 heteroatoms. The number of ether oxygens (including phenoxy) is 3. The van der Waals surface area contributed by atoms with E-state index in [2.05, 4.69) is 33.8 Å². The molecule has 1 aliphatic rings. The van der Waals surface area contributed by atoms with E-state index in [1.807, 2.05) is 14.2 Å². The largest absolute Gasteiger partial charge is 0.381 e. The molecular formula is C19H36O3. The van der Waals surface area contributed by atoms with Crippen molar-refractivity contribution in [1.82, 2.24) is 0 Å². The summed E-state index contributed by atoms with van der Waals surface area (Å²) >= 11 is 0. The zero-order valence-electron chi connectivity index (χ0n) is 15.5. The summed E-state index contributed by atoms with van der Waals surface area (Å²) in [7, 11) is 3.64. The molecule has 0 aliphatic carbocycles. The number of methoxy groups -OCH3 is 2. The van der Waals surface area contributed by atoms with Crippen LogP contribution in [-0.2, 0) is 14.2 Å². The second-order valence-electron chi connectivity index (χ2n) is 7.43. The highest BCUT2D eigenvalue weighted by molar-refractivity contribution is 4.96. The van der Waals surface area contributed by atoms with E-state index in [0.29, 0.717) is 5.92 Å². The summed E-state index contributed by atoms with van der Waals surface area (Å²) in [5, 5.41) is 0. The average molecular weight is 312 g/mol. The molecule has 0 amide bonds. The molecule has 1 rings (SSSR count). The lowest BCUT2D eigenvalue weighted by Crippen LogP contribution is -2.43. The van der Waals surface area contributed by atoms with Gasteiger partial charge in [0.05, 0.1) is 12.2 Å². The van der Waals surface area contributed by atoms with Crippen LogP contribution in [0.15, 0.2) is 11.6 Å². The van der Waals surface area contributed by atoms with Crippen LogP contribution in [0.2, 0.25) is 0 Å². The molecular weight excluding hydrogens is 276 g/mol. The lowest BCUT2D eigenvalue weighted by atomic mass is 9.69. The van der Waals surface area contributed by atoms with Gasteiger partial charge in [-0.15, -0.1) is 0 Å². The van der Waals surface area contributed by atoms with Crippen molar-refractivity contribution in [3.8, 4) is 0 Å². The maximum atomic E-state index is 5.92. The van der Waals surface area contributed by atoms with E-state index in [9.17, 15) is 0 Å². The highest BCUT2D eigenvalue weighted by Crippen LogP contribution is 2.40. The highest BCUT2D eigenvalue weighted by Gasteiger charge is 2.39. The molecule has 1 aliphatic heterocycles. The van der Waals surface area contributed by atoms with Gasteiger partial charge < -0.3 is 14.2 Å². The quantitative estimate of drug-likeness (QED) is 0.671. The van der Waals surface area contributed by atoms with Crippen molar-refractivity contribution in [2.75, 3.05) is 27.4 Å². The van der Waals surface area contributed by atoms with Gasteiger partial charge in [-0.1, -0.05) is 25.5 Å². The standard InChI is InChI=1S/C19H36O3/c1-15(2)9-7-12-19(3,4)16-11-14-22-13-8-10-17(20-5)18(16)21-6/h9,16-18H,7-8,10-14H2,1-6H3. The Labute approximate surface area is 137 Å². The summed E-state index contributed by atoms with van der Waals surface area (Å²) in [6, 6.07) is 0. The molecule has 3 atom stereocenters. The second-order valence-corrected chi connectivity index (χ2v) is 7.43. The van der Waals surface area contributed by atoms with Gasteiger partial charge in [0, 0.05) is 27.4 Å². The van der Waals surface area contributed by atoms with Crippen LogP contribution in [0.4, 0.5) is 0 Å². The molecule has 0 saturated carbocycles. The maximum Gasteiger partial charge on any atom is 0.0866 e. The third-order valence-corrected chi connectivity index (χ3v) is 5.03. The molecule has 130 valence electrons. The molecule has 0 radical (unpaired) electrons. The predicted octanol–water partition coefficient (Wildman–Crippen LogP) is 4.61. The molecule has 0 aromatic rings. The first-order valence-corrected chi connectivity index (χ1v) is 8.69. The first-order valence-electron chi connectivity index (χ1n) is 8.69. The van der Waals surface area contributed by atoms with Gasteiger partial charge in [0.15, 0.2) is 0 Å². The fraction of sp³-hybridized carbons (Fsp3) is 0.895. The van der Waals surface area contributed by atoms with E-state index in [1.54, 1.807) is 0 Å². The molecule has 0 spiro atoms. The van der Waals surface area contributed by atoms with E-state index >= 15 is 0 Å². The first kappa shape index (κ1) is 19.7. The SMILES string of the molecule is COC1CCCOCCC(C(C)(C)CCC=C(C)C)C1OC. The zero-order valence-corrected chi connectivity index (χ0v) is 15.5. The number of hydrogen-bond acceptors (Lipinski definition) is 3. The van der Waals surface area contributed by atoms with Crippen LogP contribution in [-0.4, -0.2) is 39.6 Å². The third-order valence-electron chi connectivity index (χ3n) is 5.03. The Morgan fingerprint density at radius 1 is 1.14 bits per heavy atom. The van der Waals surface area contributed by atoms with Crippen LogP contribution in [0.3, 0.4) is 0 Å². The summed E-state index contributed by atoms with van der Waals surface area (Å²) in [6.45, 7) is 10.7. The van der Waals surface area contributed by atoms with E-state index in [4.69, 9.17) is 14.2 Å². The first-order chi connectivity index (χ1) is 10.4. The molecule has 3 unspecified atom stereocenters. The number of rotatable bonds is 6. The molecule has 1 fully saturated rings. The van der Waals surface area contributed by atoms with E-state index in [-0.39, 0.29) is 17.6 Å². The summed E-state index contributed by atoms with van der Waals surface area (Å²) in [4.78, 5) is 0. The van der Waals surface area contributed by atoms with Crippen LogP contribution in [0.1, 0.15) is 59.8 Å². The van der Waals surface area contributed by atoms with Gasteiger partial charge in [-0.2, -0.15) is 0 Å². The third kappa shape index (κ3) is 6.02. The molecule has 1 heterocycles. The van der Waals surface area contributed by atoms with Gasteiger partial charge >= 0.3 is 0 Å². The van der Waals surface area contributed by atoms with Gasteiger partial charge in [0.2, 0.25) is 0 Å². The molecule has 0 aromatic heterocycles. The van der Waals surface area contributed by atoms with Gasteiger partial charge in [-0.25, -0.2) is 0 Å². The lowest BCUT2D eigenvalue weighted by molar-refractivity contribution is -0.0969. The fourth-order valence-corrected chi connectivity index (χ4v) is 3.61. The van der Waals surface area contributed by atoms with Crippen molar-refractivity contribution in [2.45, 2.75) is 72.0 Å². The Balaban J connectivity index is 2.88. The summed E-state index contributed by atoms with van der Waals surface area (Å²) in [6.07, 6.45) is 8.04. The Morgan fingerprint density at radius 2 is 1.86 bits per heavy atom. The lowest BCUT2D eigenvalue weighted by Gasteiger charge is -2.41.